The van der Waals surface area contributed by atoms with Gasteiger partial charge >= 0.3 is 6.18 Å². The van der Waals surface area contributed by atoms with Crippen LogP contribution in [-0.4, -0.2) is 163 Å². The Hall–Kier alpha value is -1.28. The highest BCUT2D eigenvalue weighted by Gasteiger charge is 2.40. The standard InChI is InChI=1S/C30H48Cl2F3N3O10/c31-26-25(30(33,34)35)27(32)29(38-3-7-41-11-15-45-19-23-48-24-20-46-16-12-42-8-4-38)36-28(26)37-1-5-39-9-13-43-17-21-47-22-18-44-14-10-40-6-2-37/h1-24H2. The summed E-state index contributed by atoms with van der Waals surface area (Å²) in [4.78, 5) is 7.84. The minimum absolute atomic E-state index is 0.0973. The van der Waals surface area contributed by atoms with Gasteiger partial charge in [-0.1, -0.05) is 23.2 Å². The lowest BCUT2D eigenvalue weighted by molar-refractivity contribution is -0.137. The van der Waals surface area contributed by atoms with Gasteiger partial charge in [-0.3, -0.25) is 0 Å². The van der Waals surface area contributed by atoms with Crippen LogP contribution >= 0.6 is 23.2 Å². The molecule has 48 heavy (non-hydrogen) atoms. The van der Waals surface area contributed by atoms with Gasteiger partial charge in [0.1, 0.15) is 5.56 Å². The van der Waals surface area contributed by atoms with E-state index >= 15 is 0 Å². The molecule has 0 unspecified atom stereocenters. The molecule has 0 spiro atoms. The van der Waals surface area contributed by atoms with Gasteiger partial charge in [-0.05, 0) is 0 Å². The van der Waals surface area contributed by atoms with Gasteiger partial charge in [0.15, 0.2) is 11.6 Å². The van der Waals surface area contributed by atoms with Crippen molar-refractivity contribution < 1.29 is 60.5 Å². The van der Waals surface area contributed by atoms with E-state index in [9.17, 15) is 13.2 Å². The van der Waals surface area contributed by atoms with Crippen LogP contribution in [0.4, 0.5) is 24.8 Å². The van der Waals surface area contributed by atoms with Gasteiger partial charge < -0.3 is 57.2 Å². The second kappa shape index (κ2) is 24.8. The van der Waals surface area contributed by atoms with Crippen LogP contribution < -0.4 is 9.80 Å². The molecule has 0 atom stereocenters. The lowest BCUT2D eigenvalue weighted by Gasteiger charge is -2.31. The molecule has 0 bridgehead atoms. The third-order valence-electron chi connectivity index (χ3n) is 6.92. The summed E-state index contributed by atoms with van der Waals surface area (Å²) in [6.45, 7) is 7.10. The van der Waals surface area contributed by atoms with Gasteiger partial charge in [0.2, 0.25) is 0 Å². The van der Waals surface area contributed by atoms with Crippen LogP contribution in [0.15, 0.2) is 0 Å². The average molecular weight is 739 g/mol. The Morgan fingerprint density at radius 2 is 0.604 bits per heavy atom. The molecule has 3 rings (SSSR count). The largest absolute Gasteiger partial charge is 0.419 e. The van der Waals surface area contributed by atoms with Crippen LogP contribution in [0.5, 0.6) is 0 Å². The Morgan fingerprint density at radius 3 is 0.812 bits per heavy atom. The minimum atomic E-state index is -4.87. The molecular formula is C30H48Cl2F3N3O10. The monoisotopic (exact) mass is 737 g/mol. The molecule has 2 fully saturated rings. The van der Waals surface area contributed by atoms with E-state index in [4.69, 9.17) is 70.6 Å². The molecule has 278 valence electrons. The van der Waals surface area contributed by atoms with Crippen molar-refractivity contribution in [1.29, 1.82) is 0 Å². The first-order valence-corrected chi connectivity index (χ1v) is 16.9. The zero-order chi connectivity index (χ0) is 34.3. The van der Waals surface area contributed by atoms with Crippen LogP contribution in [0.3, 0.4) is 0 Å². The van der Waals surface area contributed by atoms with Crippen molar-refractivity contribution in [2.75, 3.05) is 168 Å². The Kier molecular flexibility index (Phi) is 21.3. The third-order valence-corrected chi connectivity index (χ3v) is 7.64. The second-order valence-corrected chi connectivity index (χ2v) is 11.1. The van der Waals surface area contributed by atoms with Gasteiger partial charge in [0, 0.05) is 26.2 Å². The lowest BCUT2D eigenvalue weighted by atomic mass is 10.2. The number of pyridine rings is 1. The van der Waals surface area contributed by atoms with E-state index in [1.807, 2.05) is 0 Å². The molecule has 2 aliphatic heterocycles. The number of aromatic nitrogens is 1. The number of hydrogen-bond donors (Lipinski definition) is 0. The van der Waals surface area contributed by atoms with E-state index in [1.54, 1.807) is 9.80 Å². The average Bonchev–Trinajstić information content (AvgIpc) is 3.04. The molecule has 0 N–H and O–H groups in total. The predicted molar refractivity (Wildman–Crippen MR) is 172 cm³/mol. The van der Waals surface area contributed by atoms with Crippen LogP contribution in [0.2, 0.25) is 10.0 Å². The number of nitrogens with zero attached hydrogens (tertiary/aromatic N) is 3. The van der Waals surface area contributed by atoms with Gasteiger partial charge in [-0.15, -0.1) is 0 Å². The summed E-state index contributed by atoms with van der Waals surface area (Å²) >= 11 is 13.0. The molecule has 2 aliphatic rings. The van der Waals surface area contributed by atoms with Crippen molar-refractivity contribution >= 4 is 34.8 Å². The maximum atomic E-state index is 14.6. The van der Waals surface area contributed by atoms with Gasteiger partial charge in [0.05, 0.1) is 142 Å². The summed E-state index contributed by atoms with van der Waals surface area (Å²) in [5.74, 6) is -0.195. The van der Waals surface area contributed by atoms with Crippen LogP contribution in [0.1, 0.15) is 5.56 Å². The molecule has 0 saturated carbocycles. The molecule has 13 nitrogen and oxygen atoms in total. The molecule has 3 heterocycles. The first-order chi connectivity index (χ1) is 23.4. The highest BCUT2D eigenvalue weighted by Crippen LogP contribution is 2.46. The Labute approximate surface area is 290 Å². The molecule has 0 radical (unpaired) electrons. The number of halogens is 5. The summed E-state index contributed by atoms with van der Waals surface area (Å²) < 4.78 is 99.4. The minimum Gasteiger partial charge on any atom is -0.377 e. The van der Waals surface area contributed by atoms with E-state index in [0.717, 1.165) is 0 Å². The van der Waals surface area contributed by atoms with E-state index in [1.165, 1.54) is 0 Å². The van der Waals surface area contributed by atoms with Crippen molar-refractivity contribution in [2.24, 2.45) is 0 Å². The number of alkyl halides is 3. The normalized spacial score (nSPS) is 21.9. The van der Waals surface area contributed by atoms with Gasteiger partial charge in [-0.2, -0.15) is 13.2 Å². The maximum Gasteiger partial charge on any atom is 0.419 e. The van der Waals surface area contributed by atoms with Crippen molar-refractivity contribution in [1.82, 2.24) is 4.98 Å². The SMILES string of the molecule is FC(F)(F)c1c(Cl)c(N2CCOCCOCCOCCOCCOCC2)nc(N2CCOCCOCCOCCOCCOCC2)c1Cl. The summed E-state index contributed by atoms with van der Waals surface area (Å²) in [7, 11) is 0. The molecule has 1 aromatic rings. The van der Waals surface area contributed by atoms with Crippen LogP contribution in [-0.2, 0) is 53.5 Å². The first-order valence-electron chi connectivity index (χ1n) is 16.1. The molecule has 1 aromatic heterocycles. The highest BCUT2D eigenvalue weighted by molar-refractivity contribution is 6.39. The number of anilines is 2. The summed E-state index contributed by atoms with van der Waals surface area (Å²) in [5, 5.41) is -1.23. The summed E-state index contributed by atoms with van der Waals surface area (Å²) in [6.07, 6.45) is -4.87. The summed E-state index contributed by atoms with van der Waals surface area (Å²) in [6, 6.07) is 0. The van der Waals surface area contributed by atoms with Crippen molar-refractivity contribution in [3.63, 3.8) is 0 Å². The molecular weight excluding hydrogens is 690 g/mol. The van der Waals surface area contributed by atoms with Crippen LogP contribution in [0.25, 0.3) is 0 Å². The van der Waals surface area contributed by atoms with E-state index < -0.39 is 21.8 Å². The zero-order valence-corrected chi connectivity index (χ0v) is 28.8. The number of ether oxygens (including phenoxy) is 10. The fourth-order valence-electron chi connectivity index (χ4n) is 4.50. The molecule has 0 aromatic carbocycles. The molecule has 0 amide bonds. The zero-order valence-electron chi connectivity index (χ0n) is 27.3. The summed E-state index contributed by atoms with van der Waals surface area (Å²) in [5.41, 5.74) is -1.18. The Balaban J connectivity index is 1.84. The Bertz CT molecular complexity index is 904. The fraction of sp³-hybridized carbons (Fsp3) is 0.833. The van der Waals surface area contributed by atoms with Crippen molar-refractivity contribution in [2.45, 2.75) is 6.18 Å². The first kappa shape index (κ1) is 41.1. The topological polar surface area (TPSA) is 112 Å². The number of hydrogen-bond acceptors (Lipinski definition) is 13. The third kappa shape index (κ3) is 16.2. The van der Waals surface area contributed by atoms with Crippen molar-refractivity contribution in [3.05, 3.63) is 15.6 Å². The smallest absolute Gasteiger partial charge is 0.377 e. The maximum absolute atomic E-state index is 14.6. The van der Waals surface area contributed by atoms with Crippen molar-refractivity contribution in [3.8, 4) is 0 Å². The lowest BCUT2D eigenvalue weighted by Crippen LogP contribution is -2.36. The van der Waals surface area contributed by atoms with E-state index in [0.29, 0.717) is 79.3 Å². The van der Waals surface area contributed by atoms with E-state index in [-0.39, 0.29) is 90.7 Å². The molecule has 0 aliphatic carbocycles. The van der Waals surface area contributed by atoms with Crippen LogP contribution in [0, 0.1) is 0 Å². The van der Waals surface area contributed by atoms with Gasteiger partial charge in [0.25, 0.3) is 0 Å². The second-order valence-electron chi connectivity index (χ2n) is 10.4. The van der Waals surface area contributed by atoms with Gasteiger partial charge in [-0.25, -0.2) is 4.98 Å². The quantitative estimate of drug-likeness (QED) is 0.444. The Morgan fingerprint density at radius 1 is 0.396 bits per heavy atom. The molecule has 18 heteroatoms. The fourth-order valence-corrected chi connectivity index (χ4v) is 5.27. The van der Waals surface area contributed by atoms with E-state index in [2.05, 4.69) is 4.98 Å². The number of rotatable bonds is 2. The molecule has 2 saturated heterocycles. The highest BCUT2D eigenvalue weighted by atomic mass is 35.5. The predicted octanol–water partition coefficient (Wildman–Crippen LogP) is 3.21.